The summed E-state index contributed by atoms with van der Waals surface area (Å²) in [5, 5.41) is 12.9. The first-order chi connectivity index (χ1) is 8.56. The molecule has 7 heteroatoms. The van der Waals surface area contributed by atoms with Crippen molar-refractivity contribution in [2.24, 2.45) is 0 Å². The van der Waals surface area contributed by atoms with Gasteiger partial charge in [0.15, 0.2) is 5.82 Å². The summed E-state index contributed by atoms with van der Waals surface area (Å²) >= 11 is 7.20. The second-order valence-corrected chi connectivity index (χ2v) is 4.92. The van der Waals surface area contributed by atoms with Gasteiger partial charge in [-0.05, 0) is 18.2 Å². The standard InChI is InChI=1S/C11H9ClN2O3S/c1-6-13-10(14-17-6)5-18-7-2-3-9(12)8(4-7)11(15)16/h2-4H,5H2,1H3,(H,15,16). The molecule has 0 radical (unpaired) electrons. The molecule has 0 amide bonds. The molecule has 0 atom stereocenters. The average molecular weight is 285 g/mol. The predicted molar refractivity (Wildman–Crippen MR) is 67.0 cm³/mol. The minimum absolute atomic E-state index is 0.0889. The van der Waals surface area contributed by atoms with Crippen LogP contribution in [-0.2, 0) is 5.75 Å². The van der Waals surface area contributed by atoms with Crippen LogP contribution >= 0.6 is 23.4 Å². The van der Waals surface area contributed by atoms with Crippen molar-refractivity contribution in [3.63, 3.8) is 0 Å². The van der Waals surface area contributed by atoms with Gasteiger partial charge in [-0.15, -0.1) is 11.8 Å². The van der Waals surface area contributed by atoms with Gasteiger partial charge < -0.3 is 9.63 Å². The Balaban J connectivity index is 2.10. The topological polar surface area (TPSA) is 76.2 Å². The third-order valence-electron chi connectivity index (χ3n) is 2.11. The van der Waals surface area contributed by atoms with E-state index in [9.17, 15) is 4.79 Å². The highest BCUT2D eigenvalue weighted by molar-refractivity contribution is 7.98. The summed E-state index contributed by atoms with van der Waals surface area (Å²) in [7, 11) is 0. The molecule has 0 aliphatic rings. The maximum atomic E-state index is 10.9. The molecule has 0 fully saturated rings. The van der Waals surface area contributed by atoms with Gasteiger partial charge >= 0.3 is 5.97 Å². The maximum absolute atomic E-state index is 10.9. The number of aryl methyl sites for hydroxylation is 1. The number of nitrogens with zero attached hydrogens (tertiary/aromatic N) is 2. The van der Waals surface area contributed by atoms with Crippen molar-refractivity contribution in [1.29, 1.82) is 0 Å². The number of benzene rings is 1. The number of halogens is 1. The van der Waals surface area contributed by atoms with Crippen molar-refractivity contribution in [2.45, 2.75) is 17.6 Å². The third-order valence-corrected chi connectivity index (χ3v) is 3.43. The first kappa shape index (κ1) is 12.9. The molecule has 2 aromatic rings. The van der Waals surface area contributed by atoms with Crippen LogP contribution in [0.3, 0.4) is 0 Å². The Morgan fingerprint density at radius 1 is 1.56 bits per heavy atom. The lowest BCUT2D eigenvalue weighted by atomic mass is 10.2. The van der Waals surface area contributed by atoms with Gasteiger partial charge in [0, 0.05) is 11.8 Å². The first-order valence-electron chi connectivity index (χ1n) is 5.01. The van der Waals surface area contributed by atoms with Crippen molar-refractivity contribution in [3.8, 4) is 0 Å². The fourth-order valence-corrected chi connectivity index (χ4v) is 2.28. The van der Waals surface area contributed by atoms with Crippen LogP contribution in [0.4, 0.5) is 0 Å². The van der Waals surface area contributed by atoms with Crippen LogP contribution in [-0.4, -0.2) is 21.2 Å². The van der Waals surface area contributed by atoms with Gasteiger partial charge in [0.1, 0.15) is 0 Å². The molecular weight excluding hydrogens is 276 g/mol. The zero-order valence-corrected chi connectivity index (χ0v) is 11.0. The molecular formula is C11H9ClN2O3S. The molecule has 0 saturated heterocycles. The molecule has 1 aromatic heterocycles. The second kappa shape index (κ2) is 5.41. The summed E-state index contributed by atoms with van der Waals surface area (Å²) in [6, 6.07) is 4.85. The molecule has 18 heavy (non-hydrogen) atoms. The minimum atomic E-state index is -1.04. The van der Waals surface area contributed by atoms with E-state index in [2.05, 4.69) is 10.1 Å². The Hall–Kier alpha value is -1.53. The number of rotatable bonds is 4. The summed E-state index contributed by atoms with van der Waals surface area (Å²) < 4.78 is 4.84. The van der Waals surface area contributed by atoms with Gasteiger partial charge in [0.25, 0.3) is 0 Å². The second-order valence-electron chi connectivity index (χ2n) is 3.47. The Bertz CT molecular complexity index is 585. The number of carboxylic acids is 1. The third kappa shape index (κ3) is 3.02. The van der Waals surface area contributed by atoms with Gasteiger partial charge in [0.05, 0.1) is 16.3 Å². The lowest BCUT2D eigenvalue weighted by Gasteiger charge is -2.02. The fraction of sp³-hybridized carbons (Fsp3) is 0.182. The number of carboxylic acid groups (broad SMARTS) is 1. The van der Waals surface area contributed by atoms with E-state index in [0.29, 0.717) is 17.5 Å². The van der Waals surface area contributed by atoms with Crippen molar-refractivity contribution < 1.29 is 14.4 Å². The van der Waals surface area contributed by atoms with E-state index >= 15 is 0 Å². The zero-order chi connectivity index (χ0) is 13.1. The average Bonchev–Trinajstić information content (AvgIpc) is 2.74. The number of aromatic carboxylic acids is 1. The number of aromatic nitrogens is 2. The zero-order valence-electron chi connectivity index (χ0n) is 9.38. The summed E-state index contributed by atoms with van der Waals surface area (Å²) in [6.45, 7) is 1.71. The van der Waals surface area contributed by atoms with Crippen molar-refractivity contribution in [3.05, 3.63) is 40.5 Å². The van der Waals surface area contributed by atoms with E-state index in [1.54, 1.807) is 19.1 Å². The Labute approximate surface area is 112 Å². The molecule has 0 aliphatic heterocycles. The van der Waals surface area contributed by atoms with E-state index in [0.717, 1.165) is 4.90 Å². The smallest absolute Gasteiger partial charge is 0.337 e. The molecule has 5 nitrogen and oxygen atoms in total. The van der Waals surface area contributed by atoms with E-state index < -0.39 is 5.97 Å². The highest BCUT2D eigenvalue weighted by atomic mass is 35.5. The maximum Gasteiger partial charge on any atom is 0.337 e. The summed E-state index contributed by atoms with van der Waals surface area (Å²) in [4.78, 5) is 15.8. The Morgan fingerprint density at radius 2 is 2.33 bits per heavy atom. The number of thioether (sulfide) groups is 1. The SMILES string of the molecule is Cc1nc(CSc2ccc(Cl)c(C(=O)O)c2)no1. The molecule has 0 saturated carbocycles. The fourth-order valence-electron chi connectivity index (χ4n) is 1.31. The molecule has 1 N–H and O–H groups in total. The highest BCUT2D eigenvalue weighted by Crippen LogP contribution is 2.26. The molecule has 0 bridgehead atoms. The van der Waals surface area contributed by atoms with Gasteiger partial charge in [-0.3, -0.25) is 0 Å². The highest BCUT2D eigenvalue weighted by Gasteiger charge is 2.10. The summed E-state index contributed by atoms with van der Waals surface area (Å²) in [6.07, 6.45) is 0. The first-order valence-corrected chi connectivity index (χ1v) is 6.37. The molecule has 94 valence electrons. The Morgan fingerprint density at radius 3 is 2.94 bits per heavy atom. The summed E-state index contributed by atoms with van der Waals surface area (Å²) in [5.41, 5.74) is 0.0889. The predicted octanol–water partition coefficient (Wildman–Crippen LogP) is 3.02. The molecule has 0 spiro atoms. The molecule has 2 rings (SSSR count). The normalized spacial score (nSPS) is 10.6. The van der Waals surface area contributed by atoms with E-state index in [-0.39, 0.29) is 10.6 Å². The summed E-state index contributed by atoms with van der Waals surface area (Å²) in [5.74, 6) is 0.549. The van der Waals surface area contributed by atoms with E-state index in [4.69, 9.17) is 21.2 Å². The number of hydrogen-bond donors (Lipinski definition) is 1. The van der Waals surface area contributed by atoms with Gasteiger partial charge in [-0.25, -0.2) is 4.79 Å². The number of carbonyl (C=O) groups is 1. The van der Waals surface area contributed by atoms with Crippen LogP contribution < -0.4 is 0 Å². The van der Waals surface area contributed by atoms with Crippen LogP contribution in [0.1, 0.15) is 22.1 Å². The molecule has 1 aromatic carbocycles. The van der Waals surface area contributed by atoms with Crippen molar-refractivity contribution >= 4 is 29.3 Å². The van der Waals surface area contributed by atoms with Crippen LogP contribution in [0, 0.1) is 6.92 Å². The minimum Gasteiger partial charge on any atom is -0.478 e. The van der Waals surface area contributed by atoms with Gasteiger partial charge in [-0.1, -0.05) is 16.8 Å². The van der Waals surface area contributed by atoms with Crippen LogP contribution in [0.15, 0.2) is 27.6 Å². The lowest BCUT2D eigenvalue weighted by Crippen LogP contribution is -1.97. The molecule has 1 heterocycles. The van der Waals surface area contributed by atoms with E-state index in [1.165, 1.54) is 17.8 Å². The van der Waals surface area contributed by atoms with Crippen LogP contribution in [0.5, 0.6) is 0 Å². The van der Waals surface area contributed by atoms with Crippen molar-refractivity contribution in [2.75, 3.05) is 0 Å². The quantitative estimate of drug-likeness (QED) is 0.870. The molecule has 0 aliphatic carbocycles. The molecule has 0 unspecified atom stereocenters. The van der Waals surface area contributed by atoms with Crippen LogP contribution in [0.2, 0.25) is 5.02 Å². The van der Waals surface area contributed by atoms with Gasteiger partial charge in [0.2, 0.25) is 5.89 Å². The lowest BCUT2D eigenvalue weighted by molar-refractivity contribution is 0.0697. The van der Waals surface area contributed by atoms with Gasteiger partial charge in [-0.2, -0.15) is 4.98 Å². The van der Waals surface area contributed by atoms with Crippen molar-refractivity contribution in [1.82, 2.24) is 10.1 Å². The van der Waals surface area contributed by atoms with E-state index in [1.807, 2.05) is 0 Å². The Kier molecular flexibility index (Phi) is 3.88. The number of hydrogen-bond acceptors (Lipinski definition) is 5. The largest absolute Gasteiger partial charge is 0.478 e. The monoisotopic (exact) mass is 284 g/mol. The van der Waals surface area contributed by atoms with Crippen LogP contribution in [0.25, 0.3) is 0 Å².